The monoisotopic (exact) mass is 321 g/mol. The third-order valence-corrected chi connectivity index (χ3v) is 5.02. The van der Waals surface area contributed by atoms with Crippen molar-refractivity contribution in [2.24, 2.45) is 0 Å². The van der Waals surface area contributed by atoms with Gasteiger partial charge in [0.25, 0.3) is 0 Å². The van der Waals surface area contributed by atoms with Gasteiger partial charge >= 0.3 is 108 Å². The van der Waals surface area contributed by atoms with Crippen LogP contribution in [0.3, 0.4) is 0 Å². The fourth-order valence-corrected chi connectivity index (χ4v) is 3.54. The summed E-state index contributed by atoms with van der Waals surface area (Å²) in [5.74, 6) is 0. The average molecular weight is 321 g/mol. The molecule has 0 nitrogen and oxygen atoms in total. The molecule has 0 unspecified atom stereocenters. The van der Waals surface area contributed by atoms with Crippen molar-refractivity contribution < 1.29 is 21.2 Å². The van der Waals surface area contributed by atoms with Crippen LogP contribution >= 0.6 is 0 Å². The SMILES string of the molecule is C=Cc1ccc([I-]c2ccc(C)cc2)cc1. The van der Waals surface area contributed by atoms with Gasteiger partial charge in [-0.1, -0.05) is 0 Å². The van der Waals surface area contributed by atoms with E-state index in [1.807, 2.05) is 6.08 Å². The zero-order valence-electron chi connectivity index (χ0n) is 9.28. The Labute approximate surface area is 107 Å². The van der Waals surface area contributed by atoms with Crippen LogP contribution in [0.1, 0.15) is 11.1 Å². The predicted octanol–water partition coefficient (Wildman–Crippen LogP) is 0.766. The molecule has 0 spiro atoms. The zero-order valence-corrected chi connectivity index (χ0v) is 11.4. The molecule has 16 heavy (non-hydrogen) atoms. The van der Waals surface area contributed by atoms with Gasteiger partial charge in [-0.05, 0) is 0 Å². The van der Waals surface area contributed by atoms with Crippen molar-refractivity contribution in [3.05, 3.63) is 73.4 Å². The number of hydrogen-bond donors (Lipinski definition) is 0. The average Bonchev–Trinajstić information content (AvgIpc) is 2.33. The molecular weight excluding hydrogens is 307 g/mol. The maximum absolute atomic E-state index is 3.76. The van der Waals surface area contributed by atoms with Gasteiger partial charge in [0, 0.05) is 0 Å². The van der Waals surface area contributed by atoms with E-state index in [9.17, 15) is 0 Å². The standard InChI is InChI=1S/C15H14I/c1-3-13-6-10-15(11-7-13)16-14-8-4-12(2)5-9-14/h3-11H,1H2,2H3/q-1. The van der Waals surface area contributed by atoms with E-state index in [0.717, 1.165) is 0 Å². The Morgan fingerprint density at radius 1 is 0.875 bits per heavy atom. The molecule has 0 bridgehead atoms. The van der Waals surface area contributed by atoms with Gasteiger partial charge in [-0.15, -0.1) is 0 Å². The molecule has 0 saturated heterocycles. The van der Waals surface area contributed by atoms with Gasteiger partial charge in [-0.25, -0.2) is 0 Å². The van der Waals surface area contributed by atoms with Crippen molar-refractivity contribution in [1.82, 2.24) is 0 Å². The van der Waals surface area contributed by atoms with E-state index >= 15 is 0 Å². The molecule has 0 N–H and O–H groups in total. The second kappa shape index (κ2) is 5.30. The predicted molar refractivity (Wildman–Crippen MR) is 65.1 cm³/mol. The van der Waals surface area contributed by atoms with E-state index < -0.39 is 0 Å². The van der Waals surface area contributed by atoms with E-state index in [2.05, 4.69) is 62.0 Å². The van der Waals surface area contributed by atoms with Crippen LogP contribution in [0.2, 0.25) is 0 Å². The number of halogens is 1. The van der Waals surface area contributed by atoms with Crippen LogP contribution in [0.15, 0.2) is 55.1 Å². The van der Waals surface area contributed by atoms with E-state index in [0.29, 0.717) is 0 Å². The van der Waals surface area contributed by atoms with Crippen molar-refractivity contribution >= 4 is 6.08 Å². The molecule has 0 amide bonds. The second-order valence-corrected chi connectivity index (χ2v) is 6.68. The Morgan fingerprint density at radius 2 is 1.38 bits per heavy atom. The maximum atomic E-state index is 3.76. The van der Waals surface area contributed by atoms with Gasteiger partial charge < -0.3 is 0 Å². The van der Waals surface area contributed by atoms with Crippen molar-refractivity contribution in [3.63, 3.8) is 0 Å². The molecule has 2 aromatic carbocycles. The summed E-state index contributed by atoms with van der Waals surface area (Å²) in [7, 11) is 0. The molecule has 1 heteroatoms. The molecule has 0 atom stereocenters. The summed E-state index contributed by atoms with van der Waals surface area (Å²) in [6.07, 6.45) is 1.88. The van der Waals surface area contributed by atoms with Crippen LogP contribution in [0.25, 0.3) is 6.08 Å². The summed E-state index contributed by atoms with van der Waals surface area (Å²) < 4.78 is 2.92. The zero-order chi connectivity index (χ0) is 11.4. The first-order valence-corrected chi connectivity index (χ1v) is 7.38. The summed E-state index contributed by atoms with van der Waals surface area (Å²) in [6, 6.07) is 17.6. The first-order chi connectivity index (χ1) is 7.78. The van der Waals surface area contributed by atoms with Gasteiger partial charge in [0.1, 0.15) is 0 Å². The summed E-state index contributed by atoms with van der Waals surface area (Å²) in [4.78, 5) is 0. The van der Waals surface area contributed by atoms with Crippen molar-refractivity contribution in [2.75, 3.05) is 0 Å². The van der Waals surface area contributed by atoms with Crippen LogP contribution in [-0.4, -0.2) is 0 Å². The molecule has 0 aromatic heterocycles. The molecule has 0 aliphatic carbocycles. The molecule has 0 fully saturated rings. The minimum absolute atomic E-state index is 0.0365. The summed E-state index contributed by atoms with van der Waals surface area (Å²) in [5.41, 5.74) is 2.52. The van der Waals surface area contributed by atoms with Crippen molar-refractivity contribution in [2.45, 2.75) is 6.92 Å². The Hall–Kier alpha value is -1.09. The van der Waals surface area contributed by atoms with Crippen LogP contribution in [0, 0.1) is 14.1 Å². The van der Waals surface area contributed by atoms with Gasteiger partial charge in [-0.3, -0.25) is 0 Å². The second-order valence-electron chi connectivity index (χ2n) is 3.65. The Morgan fingerprint density at radius 3 is 1.88 bits per heavy atom. The molecule has 2 aromatic rings. The fraction of sp³-hybridized carbons (Fsp3) is 0.0667. The van der Waals surface area contributed by atoms with Gasteiger partial charge in [-0.2, -0.15) is 0 Å². The van der Waals surface area contributed by atoms with Crippen LogP contribution in [0.5, 0.6) is 0 Å². The molecule has 0 saturated carbocycles. The summed E-state index contributed by atoms with van der Waals surface area (Å²) in [5, 5.41) is 0. The number of benzene rings is 2. The molecular formula is C15H14I-. The van der Waals surface area contributed by atoms with Crippen molar-refractivity contribution in [1.29, 1.82) is 0 Å². The number of aryl methyl sites for hydroxylation is 1. The molecule has 82 valence electrons. The van der Waals surface area contributed by atoms with Crippen LogP contribution in [0.4, 0.5) is 0 Å². The molecule has 0 radical (unpaired) electrons. The molecule has 0 heterocycles. The van der Waals surface area contributed by atoms with Gasteiger partial charge in [0.2, 0.25) is 0 Å². The minimum atomic E-state index is -0.0365. The molecule has 2 rings (SSSR count). The quantitative estimate of drug-likeness (QED) is 0.733. The molecule has 0 aliphatic heterocycles. The van der Waals surface area contributed by atoms with Gasteiger partial charge in [0.15, 0.2) is 0 Å². The first kappa shape index (κ1) is 11.4. The van der Waals surface area contributed by atoms with Crippen LogP contribution < -0.4 is 21.2 Å². The number of rotatable bonds is 3. The molecule has 0 aliphatic rings. The number of hydrogen-bond acceptors (Lipinski definition) is 0. The van der Waals surface area contributed by atoms with Crippen molar-refractivity contribution in [3.8, 4) is 0 Å². The summed E-state index contributed by atoms with van der Waals surface area (Å²) in [6.45, 7) is 5.89. The Bertz CT molecular complexity index is 466. The topological polar surface area (TPSA) is 0 Å². The Kier molecular flexibility index (Phi) is 3.78. The first-order valence-electron chi connectivity index (χ1n) is 5.22. The van der Waals surface area contributed by atoms with E-state index in [1.54, 1.807) is 0 Å². The summed E-state index contributed by atoms with van der Waals surface area (Å²) >= 11 is -0.0365. The van der Waals surface area contributed by atoms with Gasteiger partial charge in [0.05, 0.1) is 0 Å². The fourth-order valence-electron chi connectivity index (χ4n) is 1.38. The van der Waals surface area contributed by atoms with E-state index in [4.69, 9.17) is 0 Å². The normalized spacial score (nSPS) is 10.3. The Balaban J connectivity index is 2.14. The van der Waals surface area contributed by atoms with Crippen LogP contribution in [-0.2, 0) is 0 Å². The van der Waals surface area contributed by atoms with E-state index in [1.165, 1.54) is 18.3 Å². The third-order valence-electron chi connectivity index (χ3n) is 2.33. The van der Waals surface area contributed by atoms with E-state index in [-0.39, 0.29) is 21.2 Å². The third kappa shape index (κ3) is 2.95.